The van der Waals surface area contributed by atoms with Crippen LogP contribution in [0.1, 0.15) is 25.5 Å². The number of terminal acetylenes is 1. The van der Waals surface area contributed by atoms with Gasteiger partial charge in [-0.25, -0.2) is 4.98 Å². The fraction of sp³-hybridized carbons (Fsp3) is 0.417. The molecule has 0 spiro atoms. The maximum atomic E-state index is 5.28. The molecule has 74 valence electrons. The van der Waals surface area contributed by atoms with Crippen molar-refractivity contribution in [3.05, 3.63) is 23.9 Å². The van der Waals surface area contributed by atoms with Crippen LogP contribution in [0.3, 0.4) is 0 Å². The summed E-state index contributed by atoms with van der Waals surface area (Å²) in [5, 5.41) is 3.32. The Labute approximate surface area is 85.8 Å². The van der Waals surface area contributed by atoms with E-state index in [1.807, 2.05) is 25.1 Å². The lowest BCUT2D eigenvalue weighted by Crippen LogP contribution is -2.18. The largest absolute Gasteiger partial charge is 0.366 e. The van der Waals surface area contributed by atoms with Gasteiger partial charge in [0.15, 0.2) is 0 Å². The summed E-state index contributed by atoms with van der Waals surface area (Å²) in [6.45, 7) is 4.10. The molecule has 0 fully saturated rings. The van der Waals surface area contributed by atoms with Gasteiger partial charge in [-0.05, 0) is 25.5 Å². The Bertz CT molecular complexity index is 325. The molecule has 0 aliphatic carbocycles. The second-order valence-electron chi connectivity index (χ2n) is 3.32. The molecule has 1 heterocycles. The van der Waals surface area contributed by atoms with Gasteiger partial charge in [-0.3, -0.25) is 0 Å². The normalized spacial score (nSPS) is 11.8. The minimum atomic E-state index is 0.328. The zero-order valence-electron chi connectivity index (χ0n) is 8.75. The molecule has 1 aromatic heterocycles. The molecule has 0 saturated carbocycles. The molecule has 2 nitrogen and oxygen atoms in total. The molecule has 1 unspecified atom stereocenters. The average molecular weight is 188 g/mol. The van der Waals surface area contributed by atoms with Crippen LogP contribution in [0.25, 0.3) is 0 Å². The van der Waals surface area contributed by atoms with Crippen LogP contribution >= 0.6 is 0 Å². The van der Waals surface area contributed by atoms with Gasteiger partial charge in [-0.2, -0.15) is 0 Å². The molecule has 0 aliphatic rings. The number of rotatable bonds is 4. The maximum absolute atomic E-state index is 5.28. The molecule has 0 aromatic carbocycles. The molecule has 0 saturated heterocycles. The van der Waals surface area contributed by atoms with E-state index in [-0.39, 0.29) is 0 Å². The van der Waals surface area contributed by atoms with Crippen molar-refractivity contribution in [1.29, 1.82) is 0 Å². The van der Waals surface area contributed by atoms with E-state index in [0.717, 1.165) is 24.4 Å². The van der Waals surface area contributed by atoms with E-state index in [1.54, 1.807) is 0 Å². The van der Waals surface area contributed by atoms with Crippen molar-refractivity contribution < 1.29 is 0 Å². The van der Waals surface area contributed by atoms with E-state index in [2.05, 4.69) is 23.1 Å². The fourth-order valence-electron chi connectivity index (χ4n) is 1.27. The lowest BCUT2D eigenvalue weighted by molar-refractivity contribution is 0.711. The van der Waals surface area contributed by atoms with Gasteiger partial charge in [-0.1, -0.05) is 13.0 Å². The van der Waals surface area contributed by atoms with Gasteiger partial charge < -0.3 is 5.32 Å². The molecule has 1 rings (SSSR count). The Kier molecular flexibility index (Phi) is 4.00. The highest BCUT2D eigenvalue weighted by atomic mass is 15.0. The third-order valence-electron chi connectivity index (χ3n) is 2.10. The molecule has 2 heteroatoms. The van der Waals surface area contributed by atoms with Crippen molar-refractivity contribution in [2.24, 2.45) is 0 Å². The lowest BCUT2D eigenvalue weighted by atomic mass is 10.1. The SMILES string of the molecule is C#CCC(CC)Nc1cccc(C)n1. The van der Waals surface area contributed by atoms with E-state index in [9.17, 15) is 0 Å². The minimum Gasteiger partial charge on any atom is -0.366 e. The predicted molar refractivity (Wildman–Crippen MR) is 60.1 cm³/mol. The Morgan fingerprint density at radius 3 is 2.93 bits per heavy atom. The number of anilines is 1. The topological polar surface area (TPSA) is 24.9 Å². The Morgan fingerprint density at radius 1 is 1.57 bits per heavy atom. The summed E-state index contributed by atoms with van der Waals surface area (Å²) in [7, 11) is 0. The van der Waals surface area contributed by atoms with E-state index in [1.165, 1.54) is 0 Å². The quantitative estimate of drug-likeness (QED) is 0.735. The van der Waals surface area contributed by atoms with E-state index in [0.29, 0.717) is 6.04 Å². The number of nitrogens with one attached hydrogen (secondary N) is 1. The van der Waals surface area contributed by atoms with E-state index in [4.69, 9.17) is 6.42 Å². The highest BCUT2D eigenvalue weighted by Crippen LogP contribution is 2.09. The molecule has 1 N–H and O–H groups in total. The standard InChI is InChI=1S/C12H16N2/c1-4-7-11(5-2)14-12-9-6-8-10(3)13-12/h1,6,8-9,11H,5,7H2,2-3H3,(H,13,14). The summed E-state index contributed by atoms with van der Waals surface area (Å²) in [6.07, 6.45) is 7.03. The van der Waals surface area contributed by atoms with Crippen LogP contribution in [0.2, 0.25) is 0 Å². The molecular formula is C12H16N2. The maximum Gasteiger partial charge on any atom is 0.126 e. The summed E-state index contributed by atoms with van der Waals surface area (Å²) in [6, 6.07) is 6.27. The first-order valence-corrected chi connectivity index (χ1v) is 4.90. The summed E-state index contributed by atoms with van der Waals surface area (Å²) in [4.78, 5) is 4.36. The van der Waals surface area contributed by atoms with Crippen LogP contribution in [0.5, 0.6) is 0 Å². The van der Waals surface area contributed by atoms with Gasteiger partial charge in [0.1, 0.15) is 5.82 Å². The van der Waals surface area contributed by atoms with Gasteiger partial charge in [0.25, 0.3) is 0 Å². The van der Waals surface area contributed by atoms with Gasteiger partial charge in [0, 0.05) is 18.2 Å². The van der Waals surface area contributed by atoms with Crippen molar-refractivity contribution in [1.82, 2.24) is 4.98 Å². The third-order valence-corrected chi connectivity index (χ3v) is 2.10. The smallest absolute Gasteiger partial charge is 0.126 e. The van der Waals surface area contributed by atoms with Gasteiger partial charge in [0.05, 0.1) is 0 Å². The summed E-state index contributed by atoms with van der Waals surface area (Å²) >= 11 is 0. The second kappa shape index (κ2) is 5.29. The first-order chi connectivity index (χ1) is 6.76. The van der Waals surface area contributed by atoms with Crippen LogP contribution in [-0.4, -0.2) is 11.0 Å². The van der Waals surface area contributed by atoms with Crippen LogP contribution in [0.4, 0.5) is 5.82 Å². The first kappa shape index (κ1) is 10.6. The van der Waals surface area contributed by atoms with Crippen LogP contribution in [0.15, 0.2) is 18.2 Å². The average Bonchev–Trinajstić information content (AvgIpc) is 2.17. The van der Waals surface area contributed by atoms with E-state index >= 15 is 0 Å². The van der Waals surface area contributed by atoms with Crippen LogP contribution in [-0.2, 0) is 0 Å². The molecular weight excluding hydrogens is 172 g/mol. The number of hydrogen-bond donors (Lipinski definition) is 1. The molecule has 1 aromatic rings. The van der Waals surface area contributed by atoms with Crippen molar-refractivity contribution >= 4 is 5.82 Å². The summed E-state index contributed by atoms with van der Waals surface area (Å²) < 4.78 is 0. The zero-order chi connectivity index (χ0) is 10.4. The zero-order valence-corrected chi connectivity index (χ0v) is 8.75. The van der Waals surface area contributed by atoms with E-state index < -0.39 is 0 Å². The number of pyridine rings is 1. The first-order valence-electron chi connectivity index (χ1n) is 4.90. The van der Waals surface area contributed by atoms with Gasteiger partial charge >= 0.3 is 0 Å². The minimum absolute atomic E-state index is 0.328. The lowest BCUT2D eigenvalue weighted by Gasteiger charge is -2.14. The fourth-order valence-corrected chi connectivity index (χ4v) is 1.27. The van der Waals surface area contributed by atoms with Gasteiger partial charge in [-0.15, -0.1) is 12.3 Å². The highest BCUT2D eigenvalue weighted by molar-refractivity contribution is 5.36. The van der Waals surface area contributed by atoms with Gasteiger partial charge in [0.2, 0.25) is 0 Å². The summed E-state index contributed by atoms with van der Waals surface area (Å²) in [5.41, 5.74) is 1.02. The monoisotopic (exact) mass is 188 g/mol. The Hall–Kier alpha value is -1.49. The number of nitrogens with zero attached hydrogens (tertiary/aromatic N) is 1. The predicted octanol–water partition coefficient (Wildman–Crippen LogP) is 2.60. The molecule has 1 atom stereocenters. The third kappa shape index (κ3) is 3.10. The van der Waals surface area contributed by atoms with Crippen molar-refractivity contribution in [3.63, 3.8) is 0 Å². The second-order valence-corrected chi connectivity index (χ2v) is 3.32. The summed E-state index contributed by atoms with van der Waals surface area (Å²) in [5.74, 6) is 3.57. The number of hydrogen-bond acceptors (Lipinski definition) is 2. The van der Waals surface area contributed by atoms with Crippen LogP contribution in [0, 0.1) is 19.3 Å². The Morgan fingerprint density at radius 2 is 2.36 bits per heavy atom. The molecule has 0 aliphatic heterocycles. The highest BCUT2D eigenvalue weighted by Gasteiger charge is 2.04. The number of aromatic nitrogens is 1. The molecule has 0 bridgehead atoms. The van der Waals surface area contributed by atoms with Crippen molar-refractivity contribution in [2.75, 3.05) is 5.32 Å². The molecule has 0 radical (unpaired) electrons. The van der Waals surface area contributed by atoms with Crippen LogP contribution < -0.4 is 5.32 Å². The van der Waals surface area contributed by atoms with Crippen molar-refractivity contribution in [2.45, 2.75) is 32.7 Å². The molecule has 14 heavy (non-hydrogen) atoms. The molecule has 0 amide bonds. The Balaban J connectivity index is 2.63. The van der Waals surface area contributed by atoms with Crippen molar-refractivity contribution in [3.8, 4) is 12.3 Å². The number of aryl methyl sites for hydroxylation is 1.